The fourth-order valence-corrected chi connectivity index (χ4v) is 1.78. The average molecular weight is 157 g/mol. The van der Waals surface area contributed by atoms with Gasteiger partial charge in [-0.25, -0.2) is 0 Å². The summed E-state index contributed by atoms with van der Waals surface area (Å²) in [6.07, 6.45) is 4.63. The molecule has 0 spiro atoms. The van der Waals surface area contributed by atoms with Crippen LogP contribution in [0.5, 0.6) is 0 Å². The quantitative estimate of drug-likeness (QED) is 0.663. The van der Waals surface area contributed by atoms with E-state index in [9.17, 15) is 5.11 Å². The van der Waals surface area contributed by atoms with Gasteiger partial charge in [-0.05, 0) is 45.8 Å². The van der Waals surface area contributed by atoms with Crippen molar-refractivity contribution in [3.05, 3.63) is 0 Å². The van der Waals surface area contributed by atoms with E-state index in [1.54, 1.807) is 0 Å². The highest BCUT2D eigenvalue weighted by Gasteiger charge is 2.24. The van der Waals surface area contributed by atoms with E-state index in [1.807, 2.05) is 0 Å². The summed E-state index contributed by atoms with van der Waals surface area (Å²) < 4.78 is 0. The first-order valence-corrected chi connectivity index (χ1v) is 4.53. The van der Waals surface area contributed by atoms with E-state index >= 15 is 0 Å². The lowest BCUT2D eigenvalue weighted by molar-refractivity contribution is 0.123. The Morgan fingerprint density at radius 2 is 2.09 bits per heavy atom. The summed E-state index contributed by atoms with van der Waals surface area (Å²) in [5.41, 5.74) is 0. The highest BCUT2D eigenvalue weighted by Crippen LogP contribution is 2.27. The van der Waals surface area contributed by atoms with Crippen LogP contribution in [0.2, 0.25) is 0 Å². The number of nitrogens with zero attached hydrogens (tertiary/aromatic N) is 1. The molecule has 66 valence electrons. The van der Waals surface area contributed by atoms with E-state index < -0.39 is 0 Å². The summed E-state index contributed by atoms with van der Waals surface area (Å²) in [6, 6.07) is 0. The Kier molecular flexibility index (Phi) is 3.34. The normalized spacial score (nSPS) is 31.6. The minimum absolute atomic E-state index is 0.00468. The van der Waals surface area contributed by atoms with E-state index in [4.69, 9.17) is 0 Å². The van der Waals surface area contributed by atoms with E-state index in [2.05, 4.69) is 19.0 Å². The Bertz CT molecular complexity index is 114. The number of hydrogen-bond donors (Lipinski definition) is 1. The molecule has 2 heteroatoms. The van der Waals surface area contributed by atoms with Gasteiger partial charge in [-0.3, -0.25) is 0 Å². The Balaban J connectivity index is 2.15. The molecule has 0 saturated heterocycles. The van der Waals surface area contributed by atoms with Crippen LogP contribution >= 0.6 is 0 Å². The molecule has 0 amide bonds. The molecule has 2 nitrogen and oxygen atoms in total. The zero-order valence-electron chi connectivity index (χ0n) is 7.58. The number of hydrogen-bond acceptors (Lipinski definition) is 2. The molecule has 0 radical (unpaired) electrons. The van der Waals surface area contributed by atoms with Gasteiger partial charge in [0.2, 0.25) is 0 Å². The molecular weight excluding hydrogens is 138 g/mol. The lowest BCUT2D eigenvalue weighted by Gasteiger charge is -2.16. The summed E-state index contributed by atoms with van der Waals surface area (Å²) in [6.45, 7) is 1.11. The van der Waals surface area contributed by atoms with E-state index in [1.165, 1.54) is 12.8 Å². The predicted molar refractivity (Wildman–Crippen MR) is 46.5 cm³/mol. The molecule has 1 rings (SSSR count). The Labute approximate surface area is 69.2 Å². The zero-order valence-corrected chi connectivity index (χ0v) is 7.58. The van der Waals surface area contributed by atoms with Crippen molar-refractivity contribution < 1.29 is 5.11 Å². The van der Waals surface area contributed by atoms with Crippen LogP contribution in [0.15, 0.2) is 0 Å². The summed E-state index contributed by atoms with van der Waals surface area (Å²) in [5.74, 6) is 0.581. The number of rotatable bonds is 3. The van der Waals surface area contributed by atoms with Crippen molar-refractivity contribution in [2.24, 2.45) is 5.92 Å². The number of aliphatic hydroxyl groups is 1. The molecule has 1 aliphatic carbocycles. The van der Waals surface area contributed by atoms with Crippen molar-refractivity contribution in [1.82, 2.24) is 4.90 Å². The lowest BCUT2D eigenvalue weighted by Crippen LogP contribution is -2.20. The van der Waals surface area contributed by atoms with Crippen LogP contribution in [0.3, 0.4) is 0 Å². The number of aliphatic hydroxyl groups excluding tert-OH is 1. The second kappa shape index (κ2) is 4.07. The molecule has 0 aromatic rings. The maximum absolute atomic E-state index is 9.48. The van der Waals surface area contributed by atoms with Crippen LogP contribution in [0.1, 0.15) is 25.7 Å². The van der Waals surface area contributed by atoms with Crippen molar-refractivity contribution in [2.75, 3.05) is 20.6 Å². The van der Waals surface area contributed by atoms with Gasteiger partial charge in [0.15, 0.2) is 0 Å². The summed E-state index contributed by atoms with van der Waals surface area (Å²) in [5, 5.41) is 9.48. The van der Waals surface area contributed by atoms with Gasteiger partial charge in [0.25, 0.3) is 0 Å². The van der Waals surface area contributed by atoms with Gasteiger partial charge in [0.05, 0.1) is 6.10 Å². The van der Waals surface area contributed by atoms with Gasteiger partial charge < -0.3 is 10.0 Å². The zero-order chi connectivity index (χ0) is 8.27. The molecule has 11 heavy (non-hydrogen) atoms. The van der Waals surface area contributed by atoms with Crippen LogP contribution in [0.25, 0.3) is 0 Å². The maximum atomic E-state index is 9.48. The minimum atomic E-state index is -0.00468. The monoisotopic (exact) mass is 157 g/mol. The highest BCUT2D eigenvalue weighted by atomic mass is 16.3. The molecule has 0 bridgehead atoms. The first-order valence-electron chi connectivity index (χ1n) is 4.53. The second-order valence-electron chi connectivity index (χ2n) is 3.85. The summed E-state index contributed by atoms with van der Waals surface area (Å²) >= 11 is 0. The van der Waals surface area contributed by atoms with Crippen molar-refractivity contribution in [2.45, 2.75) is 31.8 Å². The Morgan fingerprint density at radius 1 is 1.36 bits per heavy atom. The van der Waals surface area contributed by atoms with Crippen molar-refractivity contribution in [3.8, 4) is 0 Å². The summed E-state index contributed by atoms with van der Waals surface area (Å²) in [4.78, 5) is 2.19. The van der Waals surface area contributed by atoms with Crippen LogP contribution in [-0.2, 0) is 0 Å². The third-order valence-corrected chi connectivity index (χ3v) is 2.57. The summed E-state index contributed by atoms with van der Waals surface area (Å²) in [7, 11) is 4.17. The lowest BCUT2D eigenvalue weighted by atomic mass is 10.0. The average Bonchev–Trinajstić information content (AvgIpc) is 2.31. The van der Waals surface area contributed by atoms with Crippen molar-refractivity contribution in [1.29, 1.82) is 0 Å². The van der Waals surface area contributed by atoms with Gasteiger partial charge in [0, 0.05) is 0 Å². The Hall–Kier alpha value is -0.0800. The van der Waals surface area contributed by atoms with Gasteiger partial charge >= 0.3 is 0 Å². The molecule has 1 saturated carbocycles. The third-order valence-electron chi connectivity index (χ3n) is 2.57. The molecule has 0 aliphatic heterocycles. The second-order valence-corrected chi connectivity index (χ2v) is 3.85. The van der Waals surface area contributed by atoms with Crippen LogP contribution in [0.4, 0.5) is 0 Å². The van der Waals surface area contributed by atoms with Gasteiger partial charge in [-0.1, -0.05) is 6.42 Å². The SMILES string of the molecule is CN(C)CCC1CCCC1O. The van der Waals surface area contributed by atoms with Crippen molar-refractivity contribution in [3.63, 3.8) is 0 Å². The fourth-order valence-electron chi connectivity index (χ4n) is 1.78. The molecule has 1 aliphatic rings. The van der Waals surface area contributed by atoms with E-state index in [0.29, 0.717) is 5.92 Å². The van der Waals surface area contributed by atoms with Gasteiger partial charge in [-0.15, -0.1) is 0 Å². The smallest absolute Gasteiger partial charge is 0.0568 e. The van der Waals surface area contributed by atoms with Crippen LogP contribution in [-0.4, -0.2) is 36.8 Å². The van der Waals surface area contributed by atoms with Crippen molar-refractivity contribution >= 4 is 0 Å². The van der Waals surface area contributed by atoms with Gasteiger partial charge in [0.1, 0.15) is 0 Å². The minimum Gasteiger partial charge on any atom is -0.393 e. The fraction of sp³-hybridized carbons (Fsp3) is 1.00. The Morgan fingerprint density at radius 3 is 2.55 bits per heavy atom. The molecule has 1 fully saturated rings. The molecule has 0 heterocycles. The molecule has 0 aromatic heterocycles. The maximum Gasteiger partial charge on any atom is 0.0568 e. The van der Waals surface area contributed by atoms with Gasteiger partial charge in [-0.2, -0.15) is 0 Å². The molecule has 2 unspecified atom stereocenters. The third kappa shape index (κ3) is 2.80. The standard InChI is InChI=1S/C9H19NO/c1-10(2)7-6-8-4-3-5-9(8)11/h8-9,11H,3-7H2,1-2H3. The van der Waals surface area contributed by atoms with Crippen LogP contribution in [0, 0.1) is 5.92 Å². The first-order chi connectivity index (χ1) is 5.20. The van der Waals surface area contributed by atoms with E-state index in [0.717, 1.165) is 19.4 Å². The molecule has 0 aromatic carbocycles. The molecular formula is C9H19NO. The molecule has 2 atom stereocenters. The van der Waals surface area contributed by atoms with E-state index in [-0.39, 0.29) is 6.10 Å². The topological polar surface area (TPSA) is 23.5 Å². The highest BCUT2D eigenvalue weighted by molar-refractivity contribution is 4.76. The molecule has 1 N–H and O–H groups in total. The largest absolute Gasteiger partial charge is 0.393 e. The van der Waals surface area contributed by atoms with Crippen LogP contribution < -0.4 is 0 Å². The first kappa shape index (κ1) is 9.01. The predicted octanol–water partition coefficient (Wildman–Crippen LogP) is 1.10.